The minimum Gasteiger partial charge on any atom is -0.366 e. The van der Waals surface area contributed by atoms with Gasteiger partial charge < -0.3 is 5.32 Å². The summed E-state index contributed by atoms with van der Waals surface area (Å²) >= 11 is 1.82. The molecule has 1 heterocycles. The molecule has 0 radical (unpaired) electrons. The van der Waals surface area contributed by atoms with Gasteiger partial charge in [-0.3, -0.25) is 5.41 Å². The number of fused-ring (bicyclic) bond motifs is 1. The molecule has 1 aromatic rings. The summed E-state index contributed by atoms with van der Waals surface area (Å²) in [4.78, 5) is 1.26. The van der Waals surface area contributed by atoms with Crippen molar-refractivity contribution < 1.29 is 0 Å². The van der Waals surface area contributed by atoms with Crippen LogP contribution in [0.5, 0.6) is 0 Å². The lowest BCUT2D eigenvalue weighted by Crippen LogP contribution is -2.12. The van der Waals surface area contributed by atoms with Gasteiger partial charge in [-0.15, -0.1) is 11.8 Å². The monoisotopic (exact) mass is 192 g/mol. The van der Waals surface area contributed by atoms with Crippen molar-refractivity contribution in [2.45, 2.75) is 18.4 Å². The van der Waals surface area contributed by atoms with Crippen LogP contribution in [-0.2, 0) is 6.54 Å². The molecule has 0 fully saturated rings. The Labute approximate surface area is 82.2 Å². The van der Waals surface area contributed by atoms with Gasteiger partial charge in [-0.05, 0) is 23.4 Å². The second-order valence-corrected chi connectivity index (χ2v) is 4.32. The molecule has 2 N–H and O–H groups in total. The lowest BCUT2D eigenvalue weighted by molar-refractivity contribution is 0.956. The van der Waals surface area contributed by atoms with Gasteiger partial charge >= 0.3 is 0 Å². The zero-order valence-electron chi connectivity index (χ0n) is 7.55. The normalized spacial score (nSPS) is 14.1. The van der Waals surface area contributed by atoms with Gasteiger partial charge in [0, 0.05) is 17.0 Å². The molecular formula is C10H12N2S. The van der Waals surface area contributed by atoms with Crippen LogP contribution in [0.25, 0.3) is 0 Å². The van der Waals surface area contributed by atoms with Crippen LogP contribution >= 0.6 is 11.8 Å². The number of hydrogen-bond acceptors (Lipinski definition) is 2. The molecule has 0 spiro atoms. The predicted molar refractivity (Wildman–Crippen MR) is 56.5 cm³/mol. The molecule has 0 atom stereocenters. The Kier molecular flexibility index (Phi) is 2.27. The zero-order chi connectivity index (χ0) is 9.26. The van der Waals surface area contributed by atoms with Crippen molar-refractivity contribution in [1.29, 1.82) is 5.41 Å². The number of hydrogen-bond donors (Lipinski definition) is 2. The van der Waals surface area contributed by atoms with Crippen LogP contribution in [0, 0.1) is 5.41 Å². The fourth-order valence-corrected chi connectivity index (χ4v) is 2.18. The van der Waals surface area contributed by atoms with Gasteiger partial charge in [0.15, 0.2) is 0 Å². The smallest absolute Gasteiger partial charge is 0.126 e. The molecule has 1 aliphatic rings. The van der Waals surface area contributed by atoms with E-state index < -0.39 is 0 Å². The van der Waals surface area contributed by atoms with Gasteiger partial charge in [-0.25, -0.2) is 0 Å². The molecule has 13 heavy (non-hydrogen) atoms. The van der Waals surface area contributed by atoms with E-state index in [4.69, 9.17) is 5.41 Å². The van der Waals surface area contributed by atoms with Crippen LogP contribution in [0.4, 0.5) is 0 Å². The molecule has 0 saturated heterocycles. The first-order valence-corrected chi connectivity index (χ1v) is 5.38. The van der Waals surface area contributed by atoms with E-state index in [9.17, 15) is 0 Å². The van der Waals surface area contributed by atoms with Crippen molar-refractivity contribution in [3.8, 4) is 0 Å². The Morgan fingerprint density at radius 3 is 3.15 bits per heavy atom. The number of benzene rings is 1. The quantitative estimate of drug-likeness (QED) is 0.705. The molecule has 0 unspecified atom stereocenters. The van der Waals surface area contributed by atoms with Crippen LogP contribution in [-0.4, -0.2) is 11.6 Å². The highest BCUT2D eigenvalue weighted by Crippen LogP contribution is 2.23. The molecule has 0 aliphatic carbocycles. The Morgan fingerprint density at radius 1 is 1.54 bits per heavy atom. The van der Waals surface area contributed by atoms with E-state index in [0.29, 0.717) is 5.84 Å². The van der Waals surface area contributed by atoms with Crippen molar-refractivity contribution in [3.63, 3.8) is 0 Å². The molecule has 1 aliphatic heterocycles. The first-order chi connectivity index (χ1) is 6.31. The molecular weight excluding hydrogens is 180 g/mol. The highest BCUT2D eigenvalue weighted by Gasteiger charge is 2.15. The largest absolute Gasteiger partial charge is 0.366 e. The van der Waals surface area contributed by atoms with Gasteiger partial charge in [0.05, 0.1) is 0 Å². The van der Waals surface area contributed by atoms with Gasteiger partial charge in [-0.1, -0.05) is 13.0 Å². The molecule has 0 aromatic heterocycles. The summed E-state index contributed by atoms with van der Waals surface area (Å²) in [7, 11) is 0. The minimum atomic E-state index is 0.563. The Balaban J connectivity index is 2.36. The van der Waals surface area contributed by atoms with E-state index in [2.05, 4.69) is 30.4 Å². The van der Waals surface area contributed by atoms with Crippen molar-refractivity contribution >= 4 is 17.6 Å². The van der Waals surface area contributed by atoms with Gasteiger partial charge in [-0.2, -0.15) is 0 Å². The second-order valence-electron chi connectivity index (χ2n) is 2.98. The number of amidine groups is 1. The summed E-state index contributed by atoms with van der Waals surface area (Å²) in [5.74, 6) is 1.65. The van der Waals surface area contributed by atoms with Crippen LogP contribution in [0.15, 0.2) is 23.1 Å². The van der Waals surface area contributed by atoms with E-state index in [1.807, 2.05) is 11.8 Å². The van der Waals surface area contributed by atoms with Crippen molar-refractivity contribution in [1.82, 2.24) is 5.32 Å². The minimum absolute atomic E-state index is 0.563. The van der Waals surface area contributed by atoms with E-state index in [-0.39, 0.29) is 0 Å². The molecule has 2 nitrogen and oxygen atoms in total. The molecule has 0 amide bonds. The summed E-state index contributed by atoms with van der Waals surface area (Å²) in [6.45, 7) is 2.95. The average Bonchev–Trinajstić information content (AvgIpc) is 2.49. The maximum atomic E-state index is 7.64. The van der Waals surface area contributed by atoms with E-state index in [1.54, 1.807) is 0 Å². The summed E-state index contributed by atoms with van der Waals surface area (Å²) < 4.78 is 0. The molecule has 0 bridgehead atoms. The molecule has 2 rings (SSSR count). The topological polar surface area (TPSA) is 35.9 Å². The molecule has 3 heteroatoms. The zero-order valence-corrected chi connectivity index (χ0v) is 8.37. The van der Waals surface area contributed by atoms with Crippen LogP contribution in [0.1, 0.15) is 18.1 Å². The van der Waals surface area contributed by atoms with Crippen molar-refractivity contribution in [2.24, 2.45) is 0 Å². The summed E-state index contributed by atoms with van der Waals surface area (Å²) in [6.07, 6.45) is 0. The molecule has 0 saturated carbocycles. The van der Waals surface area contributed by atoms with Crippen molar-refractivity contribution in [3.05, 3.63) is 29.3 Å². The second kappa shape index (κ2) is 3.42. The third-order valence-electron chi connectivity index (χ3n) is 2.12. The Morgan fingerprint density at radius 2 is 2.38 bits per heavy atom. The van der Waals surface area contributed by atoms with Crippen LogP contribution in [0.3, 0.4) is 0 Å². The van der Waals surface area contributed by atoms with Crippen LogP contribution in [0.2, 0.25) is 0 Å². The molecule has 68 valence electrons. The SMILES string of the molecule is CCSc1ccc2c(c1)C(=N)NC2. The summed E-state index contributed by atoms with van der Waals surface area (Å²) in [5, 5.41) is 10.7. The van der Waals surface area contributed by atoms with Crippen molar-refractivity contribution in [2.75, 3.05) is 5.75 Å². The fourth-order valence-electron chi connectivity index (χ4n) is 1.48. The first-order valence-electron chi connectivity index (χ1n) is 4.40. The highest BCUT2D eigenvalue weighted by molar-refractivity contribution is 7.99. The maximum Gasteiger partial charge on any atom is 0.126 e. The van der Waals surface area contributed by atoms with Crippen LogP contribution < -0.4 is 5.32 Å². The summed E-state index contributed by atoms with van der Waals surface area (Å²) in [6, 6.07) is 6.35. The highest BCUT2D eigenvalue weighted by atomic mass is 32.2. The third kappa shape index (κ3) is 1.56. The Hall–Kier alpha value is -0.960. The van der Waals surface area contributed by atoms with E-state index >= 15 is 0 Å². The lowest BCUT2D eigenvalue weighted by Gasteiger charge is -2.01. The van der Waals surface area contributed by atoms with E-state index in [0.717, 1.165) is 17.9 Å². The number of nitrogens with one attached hydrogen (secondary N) is 2. The third-order valence-corrected chi connectivity index (χ3v) is 2.99. The number of rotatable bonds is 2. The summed E-state index contributed by atoms with van der Waals surface area (Å²) in [5.41, 5.74) is 2.31. The average molecular weight is 192 g/mol. The standard InChI is InChI=1S/C10H12N2S/c1-2-13-8-4-3-7-6-12-10(11)9(7)5-8/h3-5H,2,6H2,1H3,(H2,11,12). The van der Waals surface area contributed by atoms with E-state index in [1.165, 1.54) is 10.5 Å². The van der Waals surface area contributed by atoms with Gasteiger partial charge in [0.25, 0.3) is 0 Å². The number of thioether (sulfide) groups is 1. The lowest BCUT2D eigenvalue weighted by atomic mass is 10.1. The maximum absolute atomic E-state index is 7.64. The first kappa shape index (κ1) is 8.63. The Bertz CT molecular complexity index is 347. The molecule has 1 aromatic carbocycles. The van der Waals surface area contributed by atoms with Gasteiger partial charge in [0.1, 0.15) is 5.84 Å². The van der Waals surface area contributed by atoms with Gasteiger partial charge in [0.2, 0.25) is 0 Å². The fraction of sp³-hybridized carbons (Fsp3) is 0.300. The predicted octanol–water partition coefficient (Wildman–Crippen LogP) is 2.23.